The quantitative estimate of drug-likeness (QED) is 0.566. The van der Waals surface area contributed by atoms with Crippen molar-refractivity contribution < 1.29 is 13.2 Å². The topological polar surface area (TPSA) is 78.5 Å². The minimum Gasteiger partial charge on any atom is -0.350 e. The molecule has 1 aromatic rings. The van der Waals surface area contributed by atoms with Crippen molar-refractivity contribution in [3.8, 4) is 0 Å². The number of carbonyl (C=O) groups is 1. The van der Waals surface area contributed by atoms with E-state index in [1.807, 2.05) is 0 Å². The molecular weight excluding hydrogens is 346 g/mol. The van der Waals surface area contributed by atoms with Gasteiger partial charge in [-0.25, -0.2) is 12.7 Å². The number of nitrogens with zero attached hydrogens (tertiary/aromatic N) is 1. The van der Waals surface area contributed by atoms with Gasteiger partial charge < -0.3 is 10.6 Å². The molecule has 0 bridgehead atoms. The number of carbonyl (C=O) groups excluding carboxylic acids is 1. The molecule has 6 nitrogen and oxygen atoms in total. The maximum atomic E-state index is 12.3. The van der Waals surface area contributed by atoms with Crippen LogP contribution in [0.4, 0.5) is 0 Å². The zero-order valence-electron chi connectivity index (χ0n) is 14.4. The lowest BCUT2D eigenvalue weighted by molar-refractivity contribution is 0.0954. The fraction of sp³-hybridized carbons (Fsp3) is 0.688. The Kier molecular flexibility index (Phi) is 7.21. The van der Waals surface area contributed by atoms with E-state index < -0.39 is 10.0 Å². The summed E-state index contributed by atoms with van der Waals surface area (Å²) in [7, 11) is -0.666. The predicted octanol–water partition coefficient (Wildman–Crippen LogP) is 2.04. The molecule has 0 aliphatic heterocycles. The molecule has 0 atom stereocenters. The Hall–Kier alpha value is -0.960. The van der Waals surface area contributed by atoms with E-state index in [0.717, 1.165) is 15.6 Å². The van der Waals surface area contributed by atoms with Gasteiger partial charge in [-0.05, 0) is 24.3 Å². The van der Waals surface area contributed by atoms with Crippen LogP contribution in [0.2, 0.25) is 0 Å². The molecule has 136 valence electrons. The standard InChI is InChI=1S/C16H27N3O3S2/c1-19(2)24(21,22)14-9-12-23-15(14)16(20)18-11-10-17-13-7-5-3-4-6-8-13/h9,12-13,17H,3-8,10-11H2,1-2H3,(H,18,20). The molecular formula is C16H27N3O3S2. The van der Waals surface area contributed by atoms with Crippen LogP contribution in [0.25, 0.3) is 0 Å². The number of nitrogens with one attached hydrogen (secondary N) is 2. The summed E-state index contributed by atoms with van der Waals surface area (Å²) < 4.78 is 25.6. The first kappa shape index (κ1) is 19.4. The summed E-state index contributed by atoms with van der Waals surface area (Å²) in [6.45, 7) is 1.20. The highest BCUT2D eigenvalue weighted by molar-refractivity contribution is 7.89. The van der Waals surface area contributed by atoms with Crippen LogP contribution in [0.15, 0.2) is 16.3 Å². The molecule has 0 saturated heterocycles. The summed E-state index contributed by atoms with van der Waals surface area (Å²) in [5.41, 5.74) is 0. The van der Waals surface area contributed by atoms with E-state index in [1.54, 1.807) is 5.38 Å². The van der Waals surface area contributed by atoms with Crippen LogP contribution in [0.3, 0.4) is 0 Å². The van der Waals surface area contributed by atoms with E-state index >= 15 is 0 Å². The van der Waals surface area contributed by atoms with E-state index in [0.29, 0.717) is 19.1 Å². The average Bonchev–Trinajstić information content (AvgIpc) is 2.90. The van der Waals surface area contributed by atoms with Crippen molar-refractivity contribution in [2.24, 2.45) is 0 Å². The van der Waals surface area contributed by atoms with Gasteiger partial charge in [0.25, 0.3) is 5.91 Å². The largest absolute Gasteiger partial charge is 0.350 e. The summed E-state index contributed by atoms with van der Waals surface area (Å²) in [5.74, 6) is -0.326. The third-order valence-electron chi connectivity index (χ3n) is 4.29. The summed E-state index contributed by atoms with van der Waals surface area (Å²) in [6.07, 6.45) is 7.57. The summed E-state index contributed by atoms with van der Waals surface area (Å²) >= 11 is 1.15. The van der Waals surface area contributed by atoms with Gasteiger partial charge in [-0.3, -0.25) is 4.79 Å². The number of rotatable bonds is 7. The molecule has 2 N–H and O–H groups in total. The van der Waals surface area contributed by atoms with Gasteiger partial charge in [0.1, 0.15) is 9.77 Å². The Bertz CT molecular complexity index is 633. The molecule has 1 heterocycles. The number of amides is 1. The molecule has 1 saturated carbocycles. The van der Waals surface area contributed by atoms with Crippen molar-refractivity contribution in [1.29, 1.82) is 0 Å². The van der Waals surface area contributed by atoms with Gasteiger partial charge in [-0.2, -0.15) is 0 Å². The molecule has 24 heavy (non-hydrogen) atoms. The van der Waals surface area contributed by atoms with E-state index in [1.165, 1.54) is 58.7 Å². The minimum atomic E-state index is -3.59. The van der Waals surface area contributed by atoms with Crippen LogP contribution in [-0.4, -0.2) is 51.9 Å². The van der Waals surface area contributed by atoms with Gasteiger partial charge in [-0.15, -0.1) is 11.3 Å². The third-order valence-corrected chi connectivity index (χ3v) is 7.19. The smallest absolute Gasteiger partial charge is 0.262 e. The van der Waals surface area contributed by atoms with Crippen molar-refractivity contribution in [2.75, 3.05) is 27.2 Å². The number of sulfonamides is 1. The molecule has 0 spiro atoms. The van der Waals surface area contributed by atoms with Crippen LogP contribution in [0.5, 0.6) is 0 Å². The molecule has 1 fully saturated rings. The number of hydrogen-bond acceptors (Lipinski definition) is 5. The SMILES string of the molecule is CN(C)S(=O)(=O)c1ccsc1C(=O)NCCNC1CCCCCC1. The van der Waals surface area contributed by atoms with Crippen molar-refractivity contribution in [3.63, 3.8) is 0 Å². The Morgan fingerprint density at radius 1 is 1.21 bits per heavy atom. The minimum absolute atomic E-state index is 0.0757. The van der Waals surface area contributed by atoms with Gasteiger partial charge in [-0.1, -0.05) is 25.7 Å². The highest BCUT2D eigenvalue weighted by atomic mass is 32.2. The normalized spacial score (nSPS) is 17.0. The van der Waals surface area contributed by atoms with Crippen molar-refractivity contribution in [1.82, 2.24) is 14.9 Å². The number of hydrogen-bond donors (Lipinski definition) is 2. The maximum Gasteiger partial charge on any atom is 0.262 e. The first-order chi connectivity index (χ1) is 11.4. The van der Waals surface area contributed by atoms with Crippen molar-refractivity contribution >= 4 is 27.3 Å². The highest BCUT2D eigenvalue weighted by Crippen LogP contribution is 2.24. The summed E-state index contributed by atoms with van der Waals surface area (Å²) in [4.78, 5) is 12.6. The van der Waals surface area contributed by atoms with E-state index in [4.69, 9.17) is 0 Å². The highest BCUT2D eigenvalue weighted by Gasteiger charge is 2.25. The van der Waals surface area contributed by atoms with Crippen molar-refractivity contribution in [2.45, 2.75) is 49.5 Å². The molecule has 0 aromatic carbocycles. The number of thiophene rings is 1. The maximum absolute atomic E-state index is 12.3. The molecule has 1 aliphatic carbocycles. The zero-order chi connectivity index (χ0) is 17.6. The van der Waals surface area contributed by atoms with Crippen LogP contribution >= 0.6 is 11.3 Å². The summed E-state index contributed by atoms with van der Waals surface area (Å²) in [6, 6.07) is 2.02. The van der Waals surface area contributed by atoms with Crippen LogP contribution < -0.4 is 10.6 Å². The Balaban J connectivity index is 1.84. The van der Waals surface area contributed by atoms with Gasteiger partial charge in [0.05, 0.1) is 0 Å². The first-order valence-electron chi connectivity index (χ1n) is 8.44. The lowest BCUT2D eigenvalue weighted by Crippen LogP contribution is -2.37. The molecule has 8 heteroatoms. The predicted molar refractivity (Wildman–Crippen MR) is 97.0 cm³/mol. The van der Waals surface area contributed by atoms with Crippen LogP contribution in [0, 0.1) is 0 Å². The second kappa shape index (κ2) is 8.94. The van der Waals surface area contributed by atoms with Crippen LogP contribution in [-0.2, 0) is 10.0 Å². The molecule has 0 radical (unpaired) electrons. The molecule has 1 aliphatic rings. The van der Waals surface area contributed by atoms with Crippen LogP contribution in [0.1, 0.15) is 48.2 Å². The van der Waals surface area contributed by atoms with E-state index in [-0.39, 0.29) is 15.7 Å². The van der Waals surface area contributed by atoms with E-state index in [2.05, 4.69) is 10.6 Å². The zero-order valence-corrected chi connectivity index (χ0v) is 16.0. The molecule has 1 aromatic heterocycles. The fourth-order valence-electron chi connectivity index (χ4n) is 2.88. The molecule has 1 amide bonds. The van der Waals surface area contributed by atoms with Crippen molar-refractivity contribution in [3.05, 3.63) is 16.3 Å². The molecule has 2 rings (SSSR count). The average molecular weight is 374 g/mol. The Labute approximate surface area is 148 Å². The van der Waals surface area contributed by atoms with Gasteiger partial charge in [0, 0.05) is 33.2 Å². The second-order valence-corrected chi connectivity index (χ2v) is 9.34. The second-order valence-electron chi connectivity index (χ2n) is 6.30. The Morgan fingerprint density at radius 3 is 2.50 bits per heavy atom. The van der Waals surface area contributed by atoms with Gasteiger partial charge in [0.2, 0.25) is 10.0 Å². The van der Waals surface area contributed by atoms with Gasteiger partial charge >= 0.3 is 0 Å². The monoisotopic (exact) mass is 373 g/mol. The third kappa shape index (κ3) is 5.02. The van der Waals surface area contributed by atoms with E-state index in [9.17, 15) is 13.2 Å². The first-order valence-corrected chi connectivity index (χ1v) is 10.8. The Morgan fingerprint density at radius 2 is 1.88 bits per heavy atom. The summed E-state index contributed by atoms with van der Waals surface area (Å²) in [5, 5.41) is 7.94. The lowest BCUT2D eigenvalue weighted by atomic mass is 10.1. The lowest BCUT2D eigenvalue weighted by Gasteiger charge is -2.16. The molecule has 0 unspecified atom stereocenters. The fourth-order valence-corrected chi connectivity index (χ4v) is 5.09. The van der Waals surface area contributed by atoms with Gasteiger partial charge in [0.15, 0.2) is 0 Å².